The molecule has 1 aromatic carbocycles. The van der Waals surface area contributed by atoms with E-state index in [1.165, 1.54) is 10.9 Å². The molecule has 2 aromatic rings. The molecule has 0 saturated carbocycles. The molecule has 0 amide bonds. The van der Waals surface area contributed by atoms with Crippen LogP contribution in [0.5, 0.6) is 0 Å². The summed E-state index contributed by atoms with van der Waals surface area (Å²) in [5, 5.41) is 1.19. The SMILES string of the molecule is COC1CCN(C(CN)c2c(C)oc3ccccc23)CC1. The van der Waals surface area contributed by atoms with Crippen molar-refractivity contribution in [2.45, 2.75) is 31.9 Å². The van der Waals surface area contributed by atoms with Crippen LogP contribution < -0.4 is 5.73 Å². The highest BCUT2D eigenvalue weighted by atomic mass is 16.5. The van der Waals surface area contributed by atoms with Crippen molar-refractivity contribution in [3.8, 4) is 0 Å². The van der Waals surface area contributed by atoms with E-state index < -0.39 is 0 Å². The van der Waals surface area contributed by atoms with E-state index in [0.29, 0.717) is 12.6 Å². The largest absolute Gasteiger partial charge is 0.461 e. The molecule has 1 aliphatic rings. The molecule has 4 nitrogen and oxygen atoms in total. The molecule has 1 aliphatic heterocycles. The molecule has 1 fully saturated rings. The van der Waals surface area contributed by atoms with Crippen molar-refractivity contribution in [3.63, 3.8) is 0 Å². The number of hydrogen-bond donors (Lipinski definition) is 1. The van der Waals surface area contributed by atoms with Crippen LogP contribution in [0.1, 0.15) is 30.2 Å². The van der Waals surface area contributed by atoms with Gasteiger partial charge in [-0.15, -0.1) is 0 Å². The first-order chi connectivity index (χ1) is 10.2. The summed E-state index contributed by atoms with van der Waals surface area (Å²) in [5.41, 5.74) is 8.31. The second kappa shape index (κ2) is 6.18. The van der Waals surface area contributed by atoms with Crippen LogP contribution in [0, 0.1) is 6.92 Å². The van der Waals surface area contributed by atoms with E-state index in [4.69, 9.17) is 14.9 Å². The number of fused-ring (bicyclic) bond motifs is 1. The van der Waals surface area contributed by atoms with E-state index in [1.54, 1.807) is 7.11 Å². The lowest BCUT2D eigenvalue weighted by Crippen LogP contribution is -2.41. The van der Waals surface area contributed by atoms with E-state index in [1.807, 2.05) is 19.1 Å². The standard InChI is InChI=1S/C17H24N2O2/c1-12-17(14-5-3-4-6-16(14)21-12)15(11-18)19-9-7-13(20-2)8-10-19/h3-6,13,15H,7-11,18H2,1-2H3. The van der Waals surface area contributed by atoms with Crippen molar-refractivity contribution in [3.05, 3.63) is 35.6 Å². The van der Waals surface area contributed by atoms with Crippen molar-refractivity contribution in [1.29, 1.82) is 0 Å². The van der Waals surface area contributed by atoms with E-state index in [9.17, 15) is 0 Å². The molecule has 4 heteroatoms. The fourth-order valence-corrected chi connectivity index (χ4v) is 3.47. The highest BCUT2D eigenvalue weighted by Crippen LogP contribution is 2.34. The Hall–Kier alpha value is -1.36. The van der Waals surface area contributed by atoms with Gasteiger partial charge in [0, 0.05) is 37.7 Å². The number of methoxy groups -OCH3 is 1. The second-order valence-corrected chi connectivity index (χ2v) is 5.79. The number of piperidine rings is 1. The van der Waals surface area contributed by atoms with E-state index in [2.05, 4.69) is 17.0 Å². The van der Waals surface area contributed by atoms with Crippen molar-refractivity contribution in [2.24, 2.45) is 5.73 Å². The molecule has 0 radical (unpaired) electrons. The number of ether oxygens (including phenoxy) is 1. The number of nitrogens with two attached hydrogens (primary N) is 1. The van der Waals surface area contributed by atoms with Gasteiger partial charge in [-0.1, -0.05) is 18.2 Å². The highest BCUT2D eigenvalue weighted by Gasteiger charge is 2.28. The molecule has 1 saturated heterocycles. The zero-order valence-corrected chi connectivity index (χ0v) is 12.8. The molecule has 21 heavy (non-hydrogen) atoms. The molecule has 0 bridgehead atoms. The minimum Gasteiger partial charge on any atom is -0.461 e. The minimum atomic E-state index is 0.228. The van der Waals surface area contributed by atoms with Crippen LogP contribution in [0.15, 0.2) is 28.7 Å². The normalized spacial score (nSPS) is 19.2. The molecule has 1 unspecified atom stereocenters. The number of para-hydroxylation sites is 1. The van der Waals surface area contributed by atoms with Crippen LogP contribution in [0.25, 0.3) is 11.0 Å². The first-order valence-corrected chi connectivity index (χ1v) is 7.69. The number of furan rings is 1. The molecule has 0 spiro atoms. The first kappa shape index (κ1) is 14.6. The second-order valence-electron chi connectivity index (χ2n) is 5.79. The van der Waals surface area contributed by atoms with Crippen LogP contribution in [0.4, 0.5) is 0 Å². The van der Waals surface area contributed by atoms with Crippen LogP contribution in [-0.2, 0) is 4.74 Å². The van der Waals surface area contributed by atoms with E-state index in [-0.39, 0.29) is 6.04 Å². The Morgan fingerprint density at radius 1 is 1.33 bits per heavy atom. The average molecular weight is 288 g/mol. The van der Waals surface area contributed by atoms with Gasteiger partial charge in [-0.25, -0.2) is 0 Å². The maximum absolute atomic E-state index is 6.11. The first-order valence-electron chi connectivity index (χ1n) is 7.69. The molecule has 3 rings (SSSR count). The number of likely N-dealkylation sites (tertiary alicyclic amines) is 1. The van der Waals surface area contributed by atoms with Crippen LogP contribution in [0.2, 0.25) is 0 Å². The third-order valence-corrected chi connectivity index (χ3v) is 4.63. The number of benzene rings is 1. The van der Waals surface area contributed by atoms with Crippen LogP contribution in [0.3, 0.4) is 0 Å². The monoisotopic (exact) mass is 288 g/mol. The maximum Gasteiger partial charge on any atom is 0.134 e. The third kappa shape index (κ3) is 2.71. The van der Waals surface area contributed by atoms with E-state index in [0.717, 1.165) is 37.3 Å². The van der Waals surface area contributed by atoms with Gasteiger partial charge < -0.3 is 14.9 Å². The average Bonchev–Trinajstić information content (AvgIpc) is 2.85. The quantitative estimate of drug-likeness (QED) is 0.940. The number of rotatable bonds is 4. The summed E-state index contributed by atoms with van der Waals surface area (Å²) in [4.78, 5) is 2.47. The van der Waals surface area contributed by atoms with Crippen LogP contribution >= 0.6 is 0 Å². The summed E-state index contributed by atoms with van der Waals surface area (Å²) in [6, 6.07) is 8.45. The topological polar surface area (TPSA) is 51.6 Å². The lowest BCUT2D eigenvalue weighted by atomic mass is 9.98. The van der Waals surface area contributed by atoms with Gasteiger partial charge >= 0.3 is 0 Å². The predicted octanol–water partition coefficient (Wildman–Crippen LogP) is 2.85. The van der Waals surface area contributed by atoms with Gasteiger partial charge in [0.2, 0.25) is 0 Å². The zero-order valence-electron chi connectivity index (χ0n) is 12.8. The summed E-state index contributed by atoms with van der Waals surface area (Å²) in [6.45, 7) is 4.71. The summed E-state index contributed by atoms with van der Waals surface area (Å²) in [7, 11) is 1.80. The fraction of sp³-hybridized carbons (Fsp3) is 0.529. The molecule has 1 atom stereocenters. The zero-order chi connectivity index (χ0) is 14.8. The fourth-order valence-electron chi connectivity index (χ4n) is 3.47. The molecule has 2 heterocycles. The smallest absolute Gasteiger partial charge is 0.134 e. The minimum absolute atomic E-state index is 0.228. The van der Waals surface area contributed by atoms with Gasteiger partial charge in [0.25, 0.3) is 0 Å². The molecular formula is C17H24N2O2. The van der Waals surface area contributed by atoms with Crippen LogP contribution in [-0.4, -0.2) is 37.7 Å². The van der Waals surface area contributed by atoms with Crippen molar-refractivity contribution < 1.29 is 9.15 Å². The lowest BCUT2D eigenvalue weighted by Gasteiger charge is -2.36. The molecule has 0 aliphatic carbocycles. The third-order valence-electron chi connectivity index (χ3n) is 4.63. The summed E-state index contributed by atoms with van der Waals surface area (Å²) in [5.74, 6) is 0.987. The Balaban J connectivity index is 1.90. The van der Waals surface area contributed by atoms with Gasteiger partial charge in [-0.05, 0) is 25.8 Å². The number of aryl methyl sites for hydroxylation is 1. The number of nitrogens with zero attached hydrogens (tertiary/aromatic N) is 1. The molecule has 1 aromatic heterocycles. The maximum atomic E-state index is 6.11. The summed E-state index contributed by atoms with van der Waals surface area (Å²) >= 11 is 0. The van der Waals surface area contributed by atoms with Gasteiger partial charge in [-0.2, -0.15) is 0 Å². The Labute approximate surface area is 125 Å². The Morgan fingerprint density at radius 2 is 2.05 bits per heavy atom. The lowest BCUT2D eigenvalue weighted by molar-refractivity contribution is 0.0280. The number of hydrogen-bond acceptors (Lipinski definition) is 4. The van der Waals surface area contributed by atoms with Crippen molar-refractivity contribution in [2.75, 3.05) is 26.7 Å². The van der Waals surface area contributed by atoms with Gasteiger partial charge in [0.15, 0.2) is 0 Å². The highest BCUT2D eigenvalue weighted by molar-refractivity contribution is 5.82. The Bertz CT molecular complexity index is 600. The molecular weight excluding hydrogens is 264 g/mol. The summed E-state index contributed by atoms with van der Waals surface area (Å²) < 4.78 is 11.4. The molecule has 114 valence electrons. The molecule has 2 N–H and O–H groups in total. The van der Waals surface area contributed by atoms with E-state index >= 15 is 0 Å². The van der Waals surface area contributed by atoms with Crippen molar-refractivity contribution >= 4 is 11.0 Å². The predicted molar refractivity (Wildman–Crippen MR) is 84.4 cm³/mol. The summed E-state index contributed by atoms with van der Waals surface area (Å²) in [6.07, 6.45) is 2.53. The van der Waals surface area contributed by atoms with Gasteiger partial charge in [0.05, 0.1) is 12.1 Å². The van der Waals surface area contributed by atoms with Gasteiger partial charge in [0.1, 0.15) is 11.3 Å². The van der Waals surface area contributed by atoms with Gasteiger partial charge in [-0.3, -0.25) is 4.90 Å². The Morgan fingerprint density at radius 3 is 2.71 bits per heavy atom. The Kier molecular flexibility index (Phi) is 4.29. The van der Waals surface area contributed by atoms with Crippen molar-refractivity contribution in [1.82, 2.24) is 4.90 Å².